The number of ether oxygens (including phenoxy) is 3. The van der Waals surface area contributed by atoms with Gasteiger partial charge in [0.25, 0.3) is 5.56 Å². The summed E-state index contributed by atoms with van der Waals surface area (Å²) in [6.45, 7) is 7.59. The van der Waals surface area contributed by atoms with Gasteiger partial charge in [-0.2, -0.15) is 0 Å². The van der Waals surface area contributed by atoms with Crippen molar-refractivity contribution < 1.29 is 23.4 Å². The van der Waals surface area contributed by atoms with E-state index in [-0.39, 0.29) is 30.7 Å². The fourth-order valence-corrected chi connectivity index (χ4v) is 7.69. The van der Waals surface area contributed by atoms with Crippen molar-refractivity contribution in [3.8, 4) is 11.5 Å². The maximum Gasteiger partial charge on any atom is 0.338 e. The van der Waals surface area contributed by atoms with Gasteiger partial charge in [-0.3, -0.25) is 9.36 Å². The number of rotatable bonds is 9. The number of para-hydroxylation sites is 1. The number of benzene rings is 3. The summed E-state index contributed by atoms with van der Waals surface area (Å²) in [5.74, 6) is 0.285. The van der Waals surface area contributed by atoms with Crippen molar-refractivity contribution in [1.29, 1.82) is 0 Å². The number of nitrogens with zero attached hydrogens (tertiary/aromatic N) is 2. The third-order valence-electron chi connectivity index (χ3n) is 6.74. The lowest BCUT2D eigenvalue weighted by molar-refractivity contribution is -0.139. The molecule has 0 spiro atoms. The number of esters is 1. The molecule has 44 heavy (non-hydrogen) atoms. The molecule has 0 aliphatic carbocycles. The molecule has 0 bridgehead atoms. The number of carbonyl (C=O) groups is 1. The number of thiazole rings is 1. The van der Waals surface area contributed by atoms with Gasteiger partial charge in [0.2, 0.25) is 0 Å². The molecular weight excluding hydrogens is 762 g/mol. The molecule has 3 aromatic carbocycles. The second-order valence-electron chi connectivity index (χ2n) is 10.2. The molecule has 2 heterocycles. The molecule has 228 valence electrons. The van der Waals surface area contributed by atoms with E-state index >= 15 is 0 Å². The van der Waals surface area contributed by atoms with Crippen LogP contribution >= 0.6 is 49.9 Å². The number of hydrogen-bond donors (Lipinski definition) is 0. The van der Waals surface area contributed by atoms with Gasteiger partial charge in [-0.25, -0.2) is 14.2 Å². The van der Waals surface area contributed by atoms with Gasteiger partial charge in [0.15, 0.2) is 4.80 Å². The second kappa shape index (κ2) is 13.8. The van der Waals surface area contributed by atoms with Crippen molar-refractivity contribution in [3.05, 3.63) is 122 Å². The van der Waals surface area contributed by atoms with Crippen molar-refractivity contribution in [2.75, 3.05) is 6.61 Å². The molecule has 0 fully saturated rings. The minimum absolute atomic E-state index is 0.0728. The predicted octanol–water partition coefficient (Wildman–Crippen LogP) is 6.67. The Hall–Kier alpha value is -3.29. The SMILES string of the molecule is CCOC(=O)C1=C(C)N=c2s/c(=C/c3cc(Br)c(OCc4ccccc4F)c(I)c3)c(=O)n2[C@@H]1c1ccccc1OC(C)C. The molecule has 7 nitrogen and oxygen atoms in total. The molecule has 11 heteroatoms. The predicted molar refractivity (Wildman–Crippen MR) is 180 cm³/mol. The largest absolute Gasteiger partial charge is 0.491 e. The van der Waals surface area contributed by atoms with E-state index in [1.54, 1.807) is 42.7 Å². The Morgan fingerprint density at radius 3 is 2.61 bits per heavy atom. The standard InChI is InChI=1S/C33H29BrFIN2O5S/c1-5-41-32(40)28-19(4)37-33-38(29(28)22-11-7-9-13-26(22)43-18(2)3)31(39)27(44-33)16-20-14-23(34)30(25(36)15-20)42-17-21-10-6-8-12-24(21)35/h6-16,18,29H,5,17H2,1-4H3/b27-16+/t29-/m1/s1. The van der Waals surface area contributed by atoms with Crippen LogP contribution in [0.1, 0.15) is 50.4 Å². The number of halogens is 3. The zero-order valence-electron chi connectivity index (χ0n) is 24.4. The molecule has 0 unspecified atom stereocenters. The summed E-state index contributed by atoms with van der Waals surface area (Å²) in [6.07, 6.45) is 1.66. The van der Waals surface area contributed by atoms with Gasteiger partial charge >= 0.3 is 5.97 Å². The minimum atomic E-state index is -0.788. The highest BCUT2D eigenvalue weighted by molar-refractivity contribution is 14.1. The van der Waals surface area contributed by atoms with Crippen LogP contribution in [0.2, 0.25) is 0 Å². The summed E-state index contributed by atoms with van der Waals surface area (Å²) >= 11 is 6.98. The third kappa shape index (κ3) is 6.69. The molecule has 0 radical (unpaired) electrons. The minimum Gasteiger partial charge on any atom is -0.491 e. The van der Waals surface area contributed by atoms with Gasteiger partial charge in [0.05, 0.1) is 36.6 Å². The van der Waals surface area contributed by atoms with E-state index in [1.807, 2.05) is 50.2 Å². The topological polar surface area (TPSA) is 79.1 Å². The molecule has 5 rings (SSSR count). The first-order chi connectivity index (χ1) is 21.1. The van der Waals surface area contributed by atoms with Crippen LogP contribution in [0.5, 0.6) is 11.5 Å². The van der Waals surface area contributed by atoms with Gasteiger partial charge in [-0.05, 0) is 102 Å². The number of carbonyl (C=O) groups excluding carboxylic acids is 1. The fourth-order valence-electron chi connectivity index (χ4n) is 4.87. The van der Waals surface area contributed by atoms with Crippen LogP contribution in [0.15, 0.2) is 86.2 Å². The summed E-state index contributed by atoms with van der Waals surface area (Å²) in [5, 5.41) is 0. The van der Waals surface area contributed by atoms with E-state index in [9.17, 15) is 14.0 Å². The highest BCUT2D eigenvalue weighted by Crippen LogP contribution is 2.36. The van der Waals surface area contributed by atoms with Crippen molar-refractivity contribution in [2.45, 2.75) is 46.4 Å². The van der Waals surface area contributed by atoms with Crippen LogP contribution in [0.25, 0.3) is 6.08 Å². The van der Waals surface area contributed by atoms with E-state index in [0.717, 1.165) is 9.13 Å². The average molecular weight is 791 g/mol. The summed E-state index contributed by atoms with van der Waals surface area (Å²) < 4.78 is 35.0. The fraction of sp³-hybridized carbons (Fsp3) is 0.242. The second-order valence-corrected chi connectivity index (χ2v) is 13.2. The Morgan fingerprint density at radius 2 is 1.91 bits per heavy atom. The Bertz CT molecular complexity index is 1930. The van der Waals surface area contributed by atoms with Gasteiger partial charge in [0.1, 0.15) is 30.0 Å². The number of allylic oxidation sites excluding steroid dienone is 1. The van der Waals surface area contributed by atoms with E-state index in [4.69, 9.17) is 14.2 Å². The van der Waals surface area contributed by atoms with Crippen LogP contribution in [-0.4, -0.2) is 23.2 Å². The smallest absolute Gasteiger partial charge is 0.338 e. The normalized spacial score (nSPS) is 14.8. The average Bonchev–Trinajstić information content (AvgIpc) is 3.26. The lowest BCUT2D eigenvalue weighted by Crippen LogP contribution is -2.40. The molecule has 1 atom stereocenters. The monoisotopic (exact) mass is 790 g/mol. The Kier molecular flexibility index (Phi) is 10.1. The zero-order valence-corrected chi connectivity index (χ0v) is 29.0. The highest BCUT2D eigenvalue weighted by atomic mass is 127. The van der Waals surface area contributed by atoms with Crippen LogP contribution in [-0.2, 0) is 16.1 Å². The van der Waals surface area contributed by atoms with Crippen molar-refractivity contribution in [3.63, 3.8) is 0 Å². The molecule has 0 saturated heterocycles. The number of fused-ring (bicyclic) bond motifs is 1. The van der Waals surface area contributed by atoms with Gasteiger partial charge in [0, 0.05) is 11.1 Å². The van der Waals surface area contributed by atoms with Crippen LogP contribution in [0.3, 0.4) is 0 Å². The van der Waals surface area contributed by atoms with E-state index in [2.05, 4.69) is 43.5 Å². The van der Waals surface area contributed by atoms with Crippen LogP contribution in [0, 0.1) is 9.39 Å². The molecule has 1 aliphatic rings. The van der Waals surface area contributed by atoms with E-state index < -0.39 is 12.0 Å². The van der Waals surface area contributed by atoms with Gasteiger partial charge in [-0.1, -0.05) is 47.7 Å². The number of hydrogen-bond acceptors (Lipinski definition) is 7. The summed E-state index contributed by atoms with van der Waals surface area (Å²) in [7, 11) is 0. The lowest BCUT2D eigenvalue weighted by atomic mass is 9.95. The summed E-state index contributed by atoms with van der Waals surface area (Å²) in [5.41, 5.74) is 2.35. The first-order valence-electron chi connectivity index (χ1n) is 13.9. The van der Waals surface area contributed by atoms with Crippen molar-refractivity contribution in [1.82, 2.24) is 4.57 Å². The zero-order chi connectivity index (χ0) is 31.5. The molecule has 0 N–H and O–H groups in total. The Labute approximate surface area is 280 Å². The Balaban J connectivity index is 1.59. The lowest BCUT2D eigenvalue weighted by Gasteiger charge is -2.26. The Morgan fingerprint density at radius 1 is 1.18 bits per heavy atom. The summed E-state index contributed by atoms with van der Waals surface area (Å²) in [4.78, 5) is 32.5. The molecule has 1 aromatic heterocycles. The van der Waals surface area contributed by atoms with Crippen molar-refractivity contribution in [2.24, 2.45) is 4.99 Å². The van der Waals surface area contributed by atoms with E-state index in [0.29, 0.717) is 47.7 Å². The van der Waals surface area contributed by atoms with E-state index in [1.165, 1.54) is 17.4 Å². The molecular formula is C33H29BrFIN2O5S. The third-order valence-corrected chi connectivity index (χ3v) is 9.11. The first kappa shape index (κ1) is 32.1. The quantitative estimate of drug-likeness (QED) is 0.140. The van der Waals surface area contributed by atoms with Crippen molar-refractivity contribution >= 4 is 61.9 Å². The molecule has 0 amide bonds. The maximum absolute atomic E-state index is 14.1. The first-order valence-corrected chi connectivity index (χ1v) is 16.6. The van der Waals surface area contributed by atoms with Gasteiger partial charge in [-0.15, -0.1) is 0 Å². The summed E-state index contributed by atoms with van der Waals surface area (Å²) in [6, 6.07) is 16.8. The molecule has 1 aliphatic heterocycles. The molecule has 4 aromatic rings. The van der Waals surface area contributed by atoms with Gasteiger partial charge < -0.3 is 14.2 Å². The van der Waals surface area contributed by atoms with Crippen LogP contribution < -0.4 is 24.4 Å². The maximum atomic E-state index is 14.1. The number of aromatic nitrogens is 1. The highest BCUT2D eigenvalue weighted by Gasteiger charge is 2.35. The van der Waals surface area contributed by atoms with Crippen LogP contribution in [0.4, 0.5) is 4.39 Å². The molecule has 0 saturated carbocycles.